The lowest BCUT2D eigenvalue weighted by molar-refractivity contribution is 0.102. The highest BCUT2D eigenvalue weighted by molar-refractivity contribution is 6.04. The third-order valence-corrected chi connectivity index (χ3v) is 7.64. The Balaban J connectivity index is 1.24. The van der Waals surface area contributed by atoms with Gasteiger partial charge in [-0.25, -0.2) is 19.9 Å². The molecule has 2 N–H and O–H groups in total. The van der Waals surface area contributed by atoms with Gasteiger partial charge in [-0.3, -0.25) is 4.79 Å². The molecule has 3 aromatic heterocycles. The lowest BCUT2D eigenvalue weighted by Gasteiger charge is -2.23. The van der Waals surface area contributed by atoms with E-state index < -0.39 is 0 Å². The van der Waals surface area contributed by atoms with Crippen molar-refractivity contribution in [2.75, 3.05) is 48.8 Å². The zero-order chi connectivity index (χ0) is 27.1. The standard InChI is InChI=1S/C28H31N9O2/c1-17(2)22-12-23(35-39-22)33-26(38)19-6-5-18(3)20(11-19)32-25-24-21(30-16-31-25)13-29-27(34-24)37-10-8-28(15-37)7-9-36(4)14-28/h5-6,11-13,16H,1,7-10,14-15H2,2-4H3,(H,30,31,32)(H,33,35,38). The summed E-state index contributed by atoms with van der Waals surface area (Å²) in [5.74, 6) is 1.79. The first-order chi connectivity index (χ1) is 18.8. The Labute approximate surface area is 226 Å². The van der Waals surface area contributed by atoms with Crippen LogP contribution in [0.25, 0.3) is 16.6 Å². The van der Waals surface area contributed by atoms with E-state index in [9.17, 15) is 4.79 Å². The summed E-state index contributed by atoms with van der Waals surface area (Å²) in [5.41, 5.74) is 4.47. The van der Waals surface area contributed by atoms with Crippen LogP contribution in [0, 0.1) is 12.3 Å². The summed E-state index contributed by atoms with van der Waals surface area (Å²) in [6.45, 7) is 11.7. The highest BCUT2D eigenvalue weighted by Crippen LogP contribution is 2.40. The van der Waals surface area contributed by atoms with Crippen molar-refractivity contribution in [3.8, 4) is 0 Å². The average Bonchev–Trinajstić information content (AvgIpc) is 3.66. The normalized spacial score (nSPS) is 19.2. The van der Waals surface area contributed by atoms with E-state index in [0.717, 1.165) is 49.4 Å². The van der Waals surface area contributed by atoms with Crippen LogP contribution in [0.15, 0.2) is 47.9 Å². The summed E-state index contributed by atoms with van der Waals surface area (Å²) in [6.07, 6.45) is 5.59. The van der Waals surface area contributed by atoms with Crippen LogP contribution in [0.5, 0.6) is 0 Å². The van der Waals surface area contributed by atoms with E-state index in [1.165, 1.54) is 12.7 Å². The van der Waals surface area contributed by atoms with Gasteiger partial charge in [0.2, 0.25) is 5.95 Å². The van der Waals surface area contributed by atoms with E-state index in [0.29, 0.717) is 45.4 Å². The van der Waals surface area contributed by atoms with Crippen molar-refractivity contribution in [2.45, 2.75) is 26.7 Å². The lowest BCUT2D eigenvalue weighted by Crippen LogP contribution is -2.30. The number of fused-ring (bicyclic) bond motifs is 1. The molecule has 2 aliphatic heterocycles. The van der Waals surface area contributed by atoms with Gasteiger partial charge in [0.1, 0.15) is 17.4 Å². The minimum absolute atomic E-state index is 0.308. The molecule has 1 unspecified atom stereocenters. The fourth-order valence-electron chi connectivity index (χ4n) is 5.44. The molecule has 1 spiro atoms. The second-order valence-corrected chi connectivity index (χ2v) is 10.8. The largest absolute Gasteiger partial charge is 0.354 e. The number of nitrogens with one attached hydrogen (secondary N) is 2. The summed E-state index contributed by atoms with van der Waals surface area (Å²) in [7, 11) is 2.19. The van der Waals surface area contributed by atoms with Gasteiger partial charge in [0.15, 0.2) is 17.4 Å². The third kappa shape index (κ3) is 4.92. The van der Waals surface area contributed by atoms with E-state index >= 15 is 0 Å². The summed E-state index contributed by atoms with van der Waals surface area (Å²) < 4.78 is 5.20. The van der Waals surface area contributed by atoms with Crippen molar-refractivity contribution in [1.82, 2.24) is 30.0 Å². The van der Waals surface area contributed by atoms with E-state index in [4.69, 9.17) is 9.51 Å². The van der Waals surface area contributed by atoms with Crippen molar-refractivity contribution in [3.63, 3.8) is 0 Å². The van der Waals surface area contributed by atoms with Crippen molar-refractivity contribution in [1.29, 1.82) is 0 Å². The molecule has 1 atom stereocenters. The first-order valence-corrected chi connectivity index (χ1v) is 13.0. The van der Waals surface area contributed by atoms with Crippen LogP contribution in [0.2, 0.25) is 0 Å². The molecule has 200 valence electrons. The SMILES string of the molecule is C=C(C)c1cc(NC(=O)c2ccc(C)c(Nc3ncnc4cnc(N5CCC6(CCN(C)C6)C5)nc34)c2)no1. The molecule has 11 nitrogen and oxygen atoms in total. The molecule has 1 amide bonds. The average molecular weight is 526 g/mol. The lowest BCUT2D eigenvalue weighted by atomic mass is 9.86. The molecule has 0 aliphatic carbocycles. The van der Waals surface area contributed by atoms with Crippen LogP contribution < -0.4 is 15.5 Å². The number of benzene rings is 1. The van der Waals surface area contributed by atoms with E-state index in [-0.39, 0.29) is 5.91 Å². The number of nitrogens with zero attached hydrogens (tertiary/aromatic N) is 7. The molecule has 5 heterocycles. The molecule has 1 aromatic carbocycles. The Hall–Kier alpha value is -4.38. The van der Waals surface area contributed by atoms with Crippen molar-refractivity contribution in [2.24, 2.45) is 5.41 Å². The number of allylic oxidation sites excluding steroid dienone is 1. The molecule has 2 fully saturated rings. The van der Waals surface area contributed by atoms with Gasteiger partial charge < -0.3 is 25.0 Å². The maximum Gasteiger partial charge on any atom is 0.256 e. The summed E-state index contributed by atoms with van der Waals surface area (Å²) >= 11 is 0. The minimum Gasteiger partial charge on any atom is -0.354 e. The Kier molecular flexibility index (Phi) is 6.22. The summed E-state index contributed by atoms with van der Waals surface area (Å²) in [5, 5.41) is 10.0. The molecule has 0 saturated carbocycles. The smallest absolute Gasteiger partial charge is 0.256 e. The second kappa shape index (κ2) is 9.73. The van der Waals surface area contributed by atoms with Gasteiger partial charge in [0.25, 0.3) is 5.91 Å². The molecule has 0 bridgehead atoms. The van der Waals surface area contributed by atoms with Gasteiger partial charge in [-0.15, -0.1) is 0 Å². The number of anilines is 4. The van der Waals surface area contributed by atoms with Gasteiger partial charge >= 0.3 is 0 Å². The van der Waals surface area contributed by atoms with Crippen LogP contribution in [0.4, 0.5) is 23.3 Å². The number of carbonyl (C=O) groups is 1. The first kappa shape index (κ1) is 24.9. The molecule has 11 heteroatoms. The van der Waals surface area contributed by atoms with Crippen LogP contribution >= 0.6 is 0 Å². The van der Waals surface area contributed by atoms with E-state index in [1.54, 1.807) is 24.4 Å². The molecular weight excluding hydrogens is 494 g/mol. The topological polar surface area (TPSA) is 125 Å². The number of aromatic nitrogens is 5. The number of likely N-dealkylation sites (tertiary alicyclic amines) is 1. The van der Waals surface area contributed by atoms with Crippen molar-refractivity contribution >= 4 is 45.8 Å². The van der Waals surface area contributed by atoms with Crippen LogP contribution in [-0.4, -0.2) is 69.1 Å². The second-order valence-electron chi connectivity index (χ2n) is 10.8. The first-order valence-electron chi connectivity index (χ1n) is 13.0. The zero-order valence-corrected chi connectivity index (χ0v) is 22.4. The highest BCUT2D eigenvalue weighted by Gasteiger charge is 2.43. The maximum absolute atomic E-state index is 12.9. The number of amides is 1. The van der Waals surface area contributed by atoms with Gasteiger partial charge in [-0.2, -0.15) is 0 Å². The molecule has 39 heavy (non-hydrogen) atoms. The Morgan fingerprint density at radius 2 is 1.97 bits per heavy atom. The van der Waals surface area contributed by atoms with Crippen LogP contribution in [-0.2, 0) is 0 Å². The summed E-state index contributed by atoms with van der Waals surface area (Å²) in [4.78, 5) is 36.0. The number of hydrogen-bond donors (Lipinski definition) is 2. The minimum atomic E-state index is -0.308. The highest BCUT2D eigenvalue weighted by atomic mass is 16.5. The van der Waals surface area contributed by atoms with Crippen LogP contribution in [0.1, 0.15) is 41.4 Å². The predicted octanol–water partition coefficient (Wildman–Crippen LogP) is 4.28. The fraction of sp³-hybridized carbons (Fsp3) is 0.357. The van der Waals surface area contributed by atoms with Gasteiger partial charge in [0, 0.05) is 42.4 Å². The predicted molar refractivity (Wildman–Crippen MR) is 150 cm³/mol. The monoisotopic (exact) mass is 525 g/mol. The third-order valence-electron chi connectivity index (χ3n) is 7.64. The molecule has 4 aromatic rings. The Morgan fingerprint density at radius 1 is 1.13 bits per heavy atom. The molecular formula is C28H31N9O2. The number of rotatable bonds is 6. The van der Waals surface area contributed by atoms with Gasteiger partial charge in [0.05, 0.1) is 6.20 Å². The molecule has 0 radical (unpaired) electrons. The van der Waals surface area contributed by atoms with Crippen molar-refractivity contribution < 1.29 is 9.32 Å². The quantitative estimate of drug-likeness (QED) is 0.377. The molecule has 6 rings (SSSR count). The van der Waals surface area contributed by atoms with Crippen LogP contribution in [0.3, 0.4) is 0 Å². The number of aryl methyl sites for hydroxylation is 1. The zero-order valence-electron chi connectivity index (χ0n) is 22.4. The van der Waals surface area contributed by atoms with Gasteiger partial charge in [-0.05, 0) is 63.6 Å². The molecule has 2 aliphatic rings. The van der Waals surface area contributed by atoms with Gasteiger partial charge in [-0.1, -0.05) is 17.8 Å². The Bertz CT molecular complexity index is 1580. The number of hydrogen-bond acceptors (Lipinski definition) is 10. The Morgan fingerprint density at radius 3 is 2.74 bits per heavy atom. The fourth-order valence-corrected chi connectivity index (χ4v) is 5.44. The molecule has 2 saturated heterocycles. The summed E-state index contributed by atoms with van der Waals surface area (Å²) in [6, 6.07) is 7.06. The number of carbonyl (C=O) groups excluding carboxylic acids is 1. The van der Waals surface area contributed by atoms with Crippen molar-refractivity contribution in [3.05, 3.63) is 60.3 Å². The van der Waals surface area contributed by atoms with E-state index in [1.807, 2.05) is 19.9 Å². The maximum atomic E-state index is 12.9. The van der Waals surface area contributed by atoms with E-state index in [2.05, 4.69) is 54.2 Å².